The van der Waals surface area contributed by atoms with Crippen molar-refractivity contribution >= 4 is 6.08 Å². The zero-order chi connectivity index (χ0) is 9.90. The highest BCUT2D eigenvalue weighted by atomic mass is 19.4. The fourth-order valence-electron chi connectivity index (χ4n) is 0.919. The highest BCUT2D eigenvalue weighted by Gasteiger charge is 2.29. The fraction of sp³-hybridized carbons (Fsp3) is 0.100. The topological polar surface area (TPSA) is 0 Å². The maximum absolute atomic E-state index is 12.1. The molecule has 0 aromatic heterocycles. The fourth-order valence-corrected chi connectivity index (χ4v) is 0.919. The van der Waals surface area contributed by atoms with Gasteiger partial charge in [0.05, 0.1) is 5.56 Å². The molecule has 0 saturated carbocycles. The van der Waals surface area contributed by atoms with E-state index in [9.17, 15) is 13.2 Å². The molecular formula is C10H8F3. The second-order valence-electron chi connectivity index (χ2n) is 2.52. The molecule has 1 radical (unpaired) electrons. The third kappa shape index (κ3) is 2.61. The van der Waals surface area contributed by atoms with E-state index in [0.717, 1.165) is 12.1 Å². The highest BCUT2D eigenvalue weighted by Crippen LogP contribution is 2.29. The summed E-state index contributed by atoms with van der Waals surface area (Å²) in [6.07, 6.45) is -1.09. The van der Waals surface area contributed by atoms with Gasteiger partial charge in [-0.1, -0.05) is 24.3 Å². The number of rotatable bonds is 1. The van der Waals surface area contributed by atoms with Crippen molar-refractivity contribution in [3.8, 4) is 0 Å². The van der Waals surface area contributed by atoms with E-state index in [0.29, 0.717) is 5.56 Å². The Balaban J connectivity index is 2.94. The Labute approximate surface area is 74.7 Å². The SMILES string of the molecule is [CH2]C=Cc1ccc(C(F)(F)F)cc1. The molecule has 0 unspecified atom stereocenters. The first-order valence-corrected chi connectivity index (χ1v) is 3.67. The van der Waals surface area contributed by atoms with Crippen molar-refractivity contribution < 1.29 is 13.2 Å². The van der Waals surface area contributed by atoms with E-state index in [2.05, 4.69) is 6.92 Å². The van der Waals surface area contributed by atoms with Crippen LogP contribution in [-0.2, 0) is 6.18 Å². The zero-order valence-electron chi connectivity index (χ0n) is 6.81. The molecule has 1 aromatic carbocycles. The molecule has 0 amide bonds. The van der Waals surface area contributed by atoms with Crippen LogP contribution < -0.4 is 0 Å². The number of alkyl halides is 3. The van der Waals surface area contributed by atoms with E-state index >= 15 is 0 Å². The predicted molar refractivity (Wildman–Crippen MR) is 45.8 cm³/mol. The van der Waals surface area contributed by atoms with Gasteiger partial charge in [0.15, 0.2) is 0 Å². The average Bonchev–Trinajstić information content (AvgIpc) is 2.04. The van der Waals surface area contributed by atoms with Crippen LogP contribution in [0, 0.1) is 6.92 Å². The number of benzene rings is 1. The first kappa shape index (κ1) is 9.84. The molecule has 0 heterocycles. The lowest BCUT2D eigenvalue weighted by atomic mass is 10.1. The minimum atomic E-state index is -4.26. The molecule has 0 fully saturated rings. The lowest BCUT2D eigenvalue weighted by molar-refractivity contribution is -0.137. The molecule has 3 heteroatoms. The molecule has 0 N–H and O–H groups in total. The standard InChI is InChI=1S/C10H8F3/c1-2-3-8-4-6-9(7-5-8)10(11,12)13/h2-7H,1H2. The molecule has 0 spiro atoms. The molecule has 0 bridgehead atoms. The number of hydrogen-bond acceptors (Lipinski definition) is 0. The van der Waals surface area contributed by atoms with E-state index in [1.54, 1.807) is 6.08 Å². The van der Waals surface area contributed by atoms with E-state index in [1.165, 1.54) is 18.2 Å². The second-order valence-corrected chi connectivity index (χ2v) is 2.52. The summed E-state index contributed by atoms with van der Waals surface area (Å²) in [5, 5.41) is 0. The summed E-state index contributed by atoms with van der Waals surface area (Å²) in [7, 11) is 0. The number of hydrogen-bond donors (Lipinski definition) is 0. The van der Waals surface area contributed by atoms with E-state index in [4.69, 9.17) is 0 Å². The van der Waals surface area contributed by atoms with Gasteiger partial charge in [0.25, 0.3) is 0 Å². The van der Waals surface area contributed by atoms with Crippen molar-refractivity contribution in [2.75, 3.05) is 0 Å². The predicted octanol–water partition coefficient (Wildman–Crippen LogP) is 3.55. The van der Waals surface area contributed by atoms with Crippen LogP contribution in [0.4, 0.5) is 13.2 Å². The summed E-state index contributed by atoms with van der Waals surface area (Å²) < 4.78 is 36.2. The van der Waals surface area contributed by atoms with Crippen molar-refractivity contribution in [1.29, 1.82) is 0 Å². The molecule has 0 aliphatic heterocycles. The van der Waals surface area contributed by atoms with Crippen LogP contribution in [0.2, 0.25) is 0 Å². The molecule has 0 aliphatic rings. The van der Waals surface area contributed by atoms with Gasteiger partial charge in [-0.2, -0.15) is 13.2 Å². The molecule has 1 rings (SSSR count). The maximum atomic E-state index is 12.1. The summed E-state index contributed by atoms with van der Waals surface area (Å²) in [5.74, 6) is 0. The molecule has 69 valence electrons. The van der Waals surface area contributed by atoms with Gasteiger partial charge < -0.3 is 0 Å². The number of allylic oxidation sites excluding steroid dienone is 1. The van der Waals surface area contributed by atoms with Gasteiger partial charge >= 0.3 is 6.18 Å². The number of halogens is 3. The minimum absolute atomic E-state index is 0.631. The van der Waals surface area contributed by atoms with Gasteiger partial charge in [-0.15, -0.1) is 0 Å². The molecule has 1 aromatic rings. The Kier molecular flexibility index (Phi) is 2.76. The third-order valence-electron chi connectivity index (χ3n) is 1.55. The van der Waals surface area contributed by atoms with Crippen molar-refractivity contribution in [3.63, 3.8) is 0 Å². The van der Waals surface area contributed by atoms with Gasteiger partial charge in [-0.3, -0.25) is 0 Å². The lowest BCUT2D eigenvalue weighted by Gasteiger charge is -2.05. The van der Waals surface area contributed by atoms with Crippen molar-refractivity contribution in [2.45, 2.75) is 6.18 Å². The highest BCUT2D eigenvalue weighted by molar-refractivity contribution is 5.50. The normalized spacial score (nSPS) is 12.3. The molecule has 0 atom stereocenters. The Morgan fingerprint density at radius 3 is 2.00 bits per heavy atom. The van der Waals surface area contributed by atoms with E-state index < -0.39 is 11.7 Å². The average molecular weight is 185 g/mol. The summed E-state index contributed by atoms with van der Waals surface area (Å²) >= 11 is 0. The van der Waals surface area contributed by atoms with E-state index in [-0.39, 0.29) is 0 Å². The third-order valence-corrected chi connectivity index (χ3v) is 1.55. The van der Waals surface area contributed by atoms with Gasteiger partial charge in [-0.05, 0) is 24.6 Å². The van der Waals surface area contributed by atoms with Crippen LogP contribution in [0.1, 0.15) is 11.1 Å². The molecular weight excluding hydrogens is 177 g/mol. The van der Waals surface area contributed by atoms with Crippen molar-refractivity contribution in [3.05, 3.63) is 48.4 Å². The van der Waals surface area contributed by atoms with Gasteiger partial charge in [0.1, 0.15) is 0 Å². The lowest BCUT2D eigenvalue weighted by Crippen LogP contribution is -2.03. The minimum Gasteiger partial charge on any atom is -0.166 e. The Hall–Kier alpha value is -1.25. The molecule has 0 nitrogen and oxygen atoms in total. The molecule has 0 aliphatic carbocycles. The Bertz CT molecular complexity index is 293. The van der Waals surface area contributed by atoms with Gasteiger partial charge in [0, 0.05) is 0 Å². The van der Waals surface area contributed by atoms with Crippen LogP contribution in [-0.4, -0.2) is 0 Å². The summed E-state index contributed by atoms with van der Waals surface area (Å²) in [5.41, 5.74) is 0.0803. The second kappa shape index (κ2) is 3.64. The largest absolute Gasteiger partial charge is 0.416 e. The Morgan fingerprint density at radius 2 is 1.62 bits per heavy atom. The first-order valence-electron chi connectivity index (χ1n) is 3.67. The summed E-state index contributed by atoms with van der Waals surface area (Å²) in [6.45, 7) is 3.45. The van der Waals surface area contributed by atoms with Crippen LogP contribution >= 0.6 is 0 Å². The van der Waals surface area contributed by atoms with Crippen LogP contribution in [0.3, 0.4) is 0 Å². The summed E-state index contributed by atoms with van der Waals surface area (Å²) in [6, 6.07) is 4.92. The van der Waals surface area contributed by atoms with E-state index in [1.807, 2.05) is 0 Å². The zero-order valence-corrected chi connectivity index (χ0v) is 6.81. The first-order chi connectivity index (χ1) is 6.04. The van der Waals surface area contributed by atoms with Crippen LogP contribution in [0.5, 0.6) is 0 Å². The van der Waals surface area contributed by atoms with Crippen LogP contribution in [0.15, 0.2) is 30.3 Å². The van der Waals surface area contributed by atoms with Gasteiger partial charge in [0.2, 0.25) is 0 Å². The van der Waals surface area contributed by atoms with Crippen LogP contribution in [0.25, 0.3) is 6.08 Å². The molecule has 13 heavy (non-hydrogen) atoms. The molecule has 0 saturated heterocycles. The van der Waals surface area contributed by atoms with Gasteiger partial charge in [-0.25, -0.2) is 0 Å². The van der Waals surface area contributed by atoms with Crippen molar-refractivity contribution in [2.24, 2.45) is 0 Å². The maximum Gasteiger partial charge on any atom is 0.416 e. The smallest absolute Gasteiger partial charge is 0.166 e. The quantitative estimate of drug-likeness (QED) is 0.627. The monoisotopic (exact) mass is 185 g/mol. The summed E-state index contributed by atoms with van der Waals surface area (Å²) in [4.78, 5) is 0. The Morgan fingerprint density at radius 1 is 1.08 bits per heavy atom. The van der Waals surface area contributed by atoms with Crippen molar-refractivity contribution in [1.82, 2.24) is 0 Å².